The minimum absolute atomic E-state index is 0.0117. The number of carbonyl (C=O) groups is 1. The molecule has 1 aromatic rings. The van der Waals surface area contributed by atoms with Crippen LogP contribution in [0.1, 0.15) is 49.9 Å². The molecule has 3 N–H and O–H groups in total. The van der Waals surface area contributed by atoms with Crippen LogP contribution >= 0.6 is 15.9 Å². The molecule has 1 saturated carbocycles. The van der Waals surface area contributed by atoms with E-state index in [1.807, 2.05) is 0 Å². The number of nitrogens with two attached hydrogens (primary N) is 1. The van der Waals surface area contributed by atoms with E-state index in [-0.39, 0.29) is 23.1 Å². The molecule has 1 aliphatic rings. The quantitative estimate of drug-likeness (QED) is 0.801. The highest BCUT2D eigenvalue weighted by atomic mass is 79.9. The van der Waals surface area contributed by atoms with Gasteiger partial charge in [-0.1, -0.05) is 20.3 Å². The van der Waals surface area contributed by atoms with Crippen molar-refractivity contribution in [2.75, 3.05) is 5.73 Å². The van der Waals surface area contributed by atoms with E-state index >= 15 is 0 Å². The summed E-state index contributed by atoms with van der Waals surface area (Å²) >= 11 is 3.21. The van der Waals surface area contributed by atoms with E-state index in [1.54, 1.807) is 0 Å². The predicted octanol–water partition coefficient (Wildman–Crippen LogP) is 3.87. The number of rotatable bonds is 2. The van der Waals surface area contributed by atoms with Crippen LogP contribution in [0.5, 0.6) is 0 Å². The summed E-state index contributed by atoms with van der Waals surface area (Å²) in [6, 6.07) is 2.78. The standard InChI is InChI=1S/C15H20BrFN2O/c1-15(2)5-3-4-9(8-15)19-14(20)10-6-13(18)12(17)7-11(10)16/h6-7,9H,3-5,8,18H2,1-2H3,(H,19,20). The van der Waals surface area contributed by atoms with E-state index in [0.29, 0.717) is 10.0 Å². The van der Waals surface area contributed by atoms with Gasteiger partial charge in [0, 0.05) is 10.5 Å². The molecule has 0 radical (unpaired) electrons. The number of carbonyl (C=O) groups excluding carboxylic acids is 1. The lowest BCUT2D eigenvalue weighted by atomic mass is 9.75. The predicted molar refractivity (Wildman–Crippen MR) is 82.0 cm³/mol. The number of benzene rings is 1. The smallest absolute Gasteiger partial charge is 0.252 e. The fourth-order valence-electron chi connectivity index (χ4n) is 2.82. The summed E-state index contributed by atoms with van der Waals surface area (Å²) in [5, 5.41) is 3.03. The van der Waals surface area contributed by atoms with Gasteiger partial charge in [0.2, 0.25) is 0 Å². The van der Waals surface area contributed by atoms with Crippen molar-refractivity contribution in [2.24, 2.45) is 5.41 Å². The SMILES string of the molecule is CC1(C)CCCC(NC(=O)c2cc(N)c(F)cc2Br)C1. The van der Waals surface area contributed by atoms with Crippen molar-refractivity contribution in [1.82, 2.24) is 5.32 Å². The second-order valence-electron chi connectivity index (χ2n) is 6.28. The molecule has 110 valence electrons. The number of anilines is 1. The average molecular weight is 343 g/mol. The van der Waals surface area contributed by atoms with Gasteiger partial charge in [0.15, 0.2) is 0 Å². The molecule has 5 heteroatoms. The molecular formula is C15H20BrFN2O. The summed E-state index contributed by atoms with van der Waals surface area (Å²) < 4.78 is 13.7. The van der Waals surface area contributed by atoms with Crippen molar-refractivity contribution >= 4 is 27.5 Å². The number of nitrogen functional groups attached to an aromatic ring is 1. The maximum absolute atomic E-state index is 13.3. The van der Waals surface area contributed by atoms with Crippen LogP contribution in [0.4, 0.5) is 10.1 Å². The van der Waals surface area contributed by atoms with Gasteiger partial charge in [-0.25, -0.2) is 4.39 Å². The van der Waals surface area contributed by atoms with Crippen LogP contribution in [-0.2, 0) is 0 Å². The average Bonchev–Trinajstić information content (AvgIpc) is 2.32. The Morgan fingerprint density at radius 2 is 2.20 bits per heavy atom. The fourth-order valence-corrected chi connectivity index (χ4v) is 3.32. The van der Waals surface area contributed by atoms with Gasteiger partial charge >= 0.3 is 0 Å². The zero-order valence-corrected chi connectivity index (χ0v) is 13.4. The minimum Gasteiger partial charge on any atom is -0.396 e. The number of amides is 1. The Labute approximate surface area is 127 Å². The van der Waals surface area contributed by atoms with Crippen molar-refractivity contribution in [2.45, 2.75) is 45.6 Å². The summed E-state index contributed by atoms with van der Waals surface area (Å²) in [5.41, 5.74) is 6.16. The van der Waals surface area contributed by atoms with Gasteiger partial charge in [-0.15, -0.1) is 0 Å². The number of hydrogen-bond donors (Lipinski definition) is 2. The minimum atomic E-state index is -0.521. The van der Waals surface area contributed by atoms with Crippen LogP contribution in [0.25, 0.3) is 0 Å². The van der Waals surface area contributed by atoms with E-state index in [2.05, 4.69) is 35.1 Å². The van der Waals surface area contributed by atoms with Gasteiger partial charge < -0.3 is 11.1 Å². The van der Waals surface area contributed by atoms with E-state index in [4.69, 9.17) is 5.73 Å². The molecular weight excluding hydrogens is 323 g/mol. The molecule has 0 spiro atoms. The van der Waals surface area contributed by atoms with Crippen molar-refractivity contribution in [3.8, 4) is 0 Å². The van der Waals surface area contributed by atoms with E-state index in [0.717, 1.165) is 19.3 Å². The second kappa shape index (κ2) is 5.72. The van der Waals surface area contributed by atoms with E-state index in [1.165, 1.54) is 18.6 Å². The molecule has 20 heavy (non-hydrogen) atoms. The van der Waals surface area contributed by atoms with E-state index < -0.39 is 5.82 Å². The molecule has 0 heterocycles. The van der Waals surface area contributed by atoms with Crippen LogP contribution in [0.3, 0.4) is 0 Å². The molecule has 0 saturated heterocycles. The topological polar surface area (TPSA) is 55.1 Å². The van der Waals surface area contributed by atoms with Crippen LogP contribution in [0.15, 0.2) is 16.6 Å². The Bertz CT molecular complexity index is 531. The Kier molecular flexibility index (Phi) is 4.37. The molecule has 2 rings (SSSR count). The molecule has 0 aliphatic heterocycles. The summed E-state index contributed by atoms with van der Waals surface area (Å²) in [6.45, 7) is 4.44. The van der Waals surface area contributed by atoms with Crippen molar-refractivity contribution < 1.29 is 9.18 Å². The van der Waals surface area contributed by atoms with Crippen LogP contribution in [0.2, 0.25) is 0 Å². The lowest BCUT2D eigenvalue weighted by Crippen LogP contribution is -2.40. The third-order valence-electron chi connectivity index (χ3n) is 3.87. The lowest BCUT2D eigenvalue weighted by molar-refractivity contribution is 0.0902. The molecule has 1 amide bonds. The Morgan fingerprint density at radius 3 is 2.85 bits per heavy atom. The molecule has 1 atom stereocenters. The molecule has 0 aromatic heterocycles. The normalized spacial score (nSPS) is 21.5. The summed E-state index contributed by atoms with van der Waals surface area (Å²) in [4.78, 5) is 12.3. The number of halogens is 2. The Morgan fingerprint density at radius 1 is 1.50 bits per heavy atom. The zero-order chi connectivity index (χ0) is 14.9. The van der Waals surface area contributed by atoms with Crippen LogP contribution in [-0.4, -0.2) is 11.9 Å². The highest BCUT2D eigenvalue weighted by Crippen LogP contribution is 2.35. The molecule has 1 aromatic carbocycles. The van der Waals surface area contributed by atoms with Gasteiger partial charge in [0.25, 0.3) is 5.91 Å². The largest absolute Gasteiger partial charge is 0.396 e. The highest BCUT2D eigenvalue weighted by molar-refractivity contribution is 9.10. The first-order valence-corrected chi connectivity index (χ1v) is 7.63. The summed E-state index contributed by atoms with van der Waals surface area (Å²) in [5.74, 6) is -0.724. The zero-order valence-electron chi connectivity index (χ0n) is 11.8. The van der Waals surface area contributed by atoms with Crippen LogP contribution < -0.4 is 11.1 Å². The van der Waals surface area contributed by atoms with Gasteiger partial charge in [-0.3, -0.25) is 4.79 Å². The Balaban J connectivity index is 2.11. The summed E-state index contributed by atoms with van der Waals surface area (Å²) in [7, 11) is 0. The third-order valence-corrected chi connectivity index (χ3v) is 4.53. The van der Waals surface area contributed by atoms with Crippen molar-refractivity contribution in [3.05, 3.63) is 28.0 Å². The lowest BCUT2D eigenvalue weighted by Gasteiger charge is -2.35. The molecule has 3 nitrogen and oxygen atoms in total. The number of nitrogens with one attached hydrogen (secondary N) is 1. The van der Waals surface area contributed by atoms with Gasteiger partial charge in [-0.2, -0.15) is 0 Å². The van der Waals surface area contributed by atoms with Crippen molar-refractivity contribution in [1.29, 1.82) is 0 Å². The highest BCUT2D eigenvalue weighted by Gasteiger charge is 2.29. The first kappa shape index (κ1) is 15.3. The van der Waals surface area contributed by atoms with Gasteiger partial charge in [0.05, 0.1) is 11.3 Å². The van der Waals surface area contributed by atoms with Gasteiger partial charge in [0.1, 0.15) is 5.82 Å². The monoisotopic (exact) mass is 342 g/mol. The first-order chi connectivity index (χ1) is 9.28. The fraction of sp³-hybridized carbons (Fsp3) is 0.533. The maximum Gasteiger partial charge on any atom is 0.252 e. The summed E-state index contributed by atoms with van der Waals surface area (Å²) in [6.07, 6.45) is 4.26. The van der Waals surface area contributed by atoms with Gasteiger partial charge in [-0.05, 0) is 52.7 Å². The van der Waals surface area contributed by atoms with Crippen LogP contribution in [0, 0.1) is 11.2 Å². The first-order valence-electron chi connectivity index (χ1n) is 6.84. The molecule has 1 unspecified atom stereocenters. The number of hydrogen-bond acceptors (Lipinski definition) is 2. The molecule has 1 aliphatic carbocycles. The Hall–Kier alpha value is -1.10. The third kappa shape index (κ3) is 3.51. The molecule has 0 bridgehead atoms. The van der Waals surface area contributed by atoms with Crippen molar-refractivity contribution in [3.63, 3.8) is 0 Å². The van der Waals surface area contributed by atoms with E-state index in [9.17, 15) is 9.18 Å². The second-order valence-corrected chi connectivity index (χ2v) is 7.14. The maximum atomic E-state index is 13.3. The molecule has 1 fully saturated rings.